The smallest absolute Gasteiger partial charge is 0.332 e. The van der Waals surface area contributed by atoms with Gasteiger partial charge in [-0.25, -0.2) is 9.78 Å². The number of fused-ring (bicyclic) bond motifs is 1. The highest BCUT2D eigenvalue weighted by Crippen LogP contribution is 2.23. The Morgan fingerprint density at radius 2 is 1.96 bits per heavy atom. The number of nitrogens with one attached hydrogen (secondary N) is 1. The van der Waals surface area contributed by atoms with Gasteiger partial charge in [0.2, 0.25) is 5.91 Å². The molecule has 1 saturated heterocycles. The van der Waals surface area contributed by atoms with Crippen molar-refractivity contribution in [1.82, 2.24) is 19.0 Å². The first-order valence-electron chi connectivity index (χ1n) is 9.05. The van der Waals surface area contributed by atoms with E-state index in [9.17, 15) is 14.4 Å². The van der Waals surface area contributed by atoms with Crippen molar-refractivity contribution in [2.24, 2.45) is 14.1 Å². The molecule has 1 amide bonds. The van der Waals surface area contributed by atoms with E-state index in [4.69, 9.17) is 0 Å². The average Bonchev–Trinajstić information content (AvgIpc) is 3.05. The molecule has 1 N–H and O–H groups in total. The number of aromatic nitrogens is 3. The van der Waals surface area contributed by atoms with E-state index < -0.39 is 5.69 Å². The standard InChI is InChI=1S/C18H25N5O3/c1-4-12-11-20-16-14(17(25)22(3)18(26)21(16)2)15(12)19-8-6-10-23-9-5-7-13(23)24/h11H,4-10H2,1-3H3,(H,19,20). The summed E-state index contributed by atoms with van der Waals surface area (Å²) in [7, 11) is 3.09. The van der Waals surface area contributed by atoms with E-state index in [0.29, 0.717) is 30.5 Å². The van der Waals surface area contributed by atoms with Crippen molar-refractivity contribution in [3.63, 3.8) is 0 Å². The largest absolute Gasteiger partial charge is 0.384 e. The zero-order valence-corrected chi connectivity index (χ0v) is 15.5. The minimum atomic E-state index is -0.391. The predicted molar refractivity (Wildman–Crippen MR) is 101 cm³/mol. The van der Waals surface area contributed by atoms with Crippen LogP contribution >= 0.6 is 0 Å². The average molecular weight is 359 g/mol. The summed E-state index contributed by atoms with van der Waals surface area (Å²) in [6.07, 6.45) is 4.82. The lowest BCUT2D eigenvalue weighted by Crippen LogP contribution is -2.37. The summed E-state index contributed by atoms with van der Waals surface area (Å²) in [5, 5.41) is 3.79. The van der Waals surface area contributed by atoms with E-state index in [1.54, 1.807) is 13.2 Å². The second-order valence-corrected chi connectivity index (χ2v) is 6.68. The summed E-state index contributed by atoms with van der Waals surface area (Å²) in [6, 6.07) is 0. The lowest BCUT2D eigenvalue weighted by molar-refractivity contribution is -0.127. The lowest BCUT2D eigenvalue weighted by atomic mass is 10.1. The minimum absolute atomic E-state index is 0.220. The van der Waals surface area contributed by atoms with Crippen LogP contribution in [0.1, 0.15) is 31.7 Å². The molecule has 3 heterocycles. The van der Waals surface area contributed by atoms with Crippen molar-refractivity contribution in [2.45, 2.75) is 32.6 Å². The molecule has 0 atom stereocenters. The highest BCUT2D eigenvalue weighted by Gasteiger charge is 2.20. The molecule has 1 aliphatic rings. The molecule has 8 heteroatoms. The number of aryl methyl sites for hydroxylation is 2. The fraction of sp³-hybridized carbons (Fsp3) is 0.556. The lowest BCUT2D eigenvalue weighted by Gasteiger charge is -2.18. The highest BCUT2D eigenvalue weighted by molar-refractivity contribution is 5.90. The molecule has 0 saturated carbocycles. The van der Waals surface area contributed by atoms with E-state index in [1.165, 1.54) is 11.6 Å². The number of likely N-dealkylation sites (tertiary alicyclic amines) is 1. The fourth-order valence-corrected chi connectivity index (χ4v) is 3.46. The van der Waals surface area contributed by atoms with Gasteiger partial charge in [-0.15, -0.1) is 0 Å². The van der Waals surface area contributed by atoms with Gasteiger partial charge >= 0.3 is 5.69 Å². The number of carbonyl (C=O) groups excluding carboxylic acids is 1. The topological polar surface area (TPSA) is 89.2 Å². The molecule has 3 rings (SSSR count). The molecule has 0 spiro atoms. The van der Waals surface area contributed by atoms with Gasteiger partial charge in [0.1, 0.15) is 5.39 Å². The summed E-state index contributed by atoms with van der Waals surface area (Å²) in [5.41, 5.74) is 1.32. The quantitative estimate of drug-likeness (QED) is 0.764. The van der Waals surface area contributed by atoms with Crippen LogP contribution < -0.4 is 16.6 Å². The van der Waals surface area contributed by atoms with Crippen LogP contribution in [0.4, 0.5) is 5.69 Å². The predicted octanol–water partition coefficient (Wildman–Crippen LogP) is 0.619. The van der Waals surface area contributed by atoms with Crippen LogP contribution in [0.5, 0.6) is 0 Å². The van der Waals surface area contributed by atoms with Crippen molar-refractivity contribution in [3.8, 4) is 0 Å². The highest BCUT2D eigenvalue weighted by atomic mass is 16.2. The summed E-state index contributed by atoms with van der Waals surface area (Å²) in [4.78, 5) is 42.7. The molecule has 2 aromatic rings. The zero-order valence-electron chi connectivity index (χ0n) is 15.5. The normalized spacial score (nSPS) is 14.4. The molecule has 0 radical (unpaired) electrons. The summed E-state index contributed by atoms with van der Waals surface area (Å²) in [6.45, 7) is 4.19. The van der Waals surface area contributed by atoms with E-state index >= 15 is 0 Å². The summed E-state index contributed by atoms with van der Waals surface area (Å²) < 4.78 is 2.50. The second-order valence-electron chi connectivity index (χ2n) is 6.68. The third-order valence-electron chi connectivity index (χ3n) is 5.01. The molecular weight excluding hydrogens is 334 g/mol. The molecular formula is C18H25N5O3. The maximum Gasteiger partial charge on any atom is 0.332 e. The molecule has 1 fully saturated rings. The SMILES string of the molecule is CCc1cnc2c(c1NCCCN1CCCC1=O)c(=O)n(C)c(=O)n2C. The van der Waals surface area contributed by atoms with E-state index in [2.05, 4.69) is 10.3 Å². The Kier molecular flexibility index (Phi) is 5.11. The monoisotopic (exact) mass is 359 g/mol. The van der Waals surface area contributed by atoms with E-state index in [0.717, 1.165) is 41.6 Å². The third kappa shape index (κ3) is 3.11. The molecule has 0 unspecified atom stereocenters. The van der Waals surface area contributed by atoms with Crippen molar-refractivity contribution in [3.05, 3.63) is 32.6 Å². The number of anilines is 1. The minimum Gasteiger partial charge on any atom is -0.384 e. The summed E-state index contributed by atoms with van der Waals surface area (Å²) in [5.74, 6) is 0.220. The Balaban J connectivity index is 1.90. The molecule has 0 aromatic carbocycles. The van der Waals surface area contributed by atoms with Gasteiger partial charge in [-0.2, -0.15) is 0 Å². The molecule has 2 aromatic heterocycles. The van der Waals surface area contributed by atoms with Crippen LogP contribution in [0.25, 0.3) is 11.0 Å². The first-order chi connectivity index (χ1) is 12.5. The Labute approximate surface area is 151 Å². The molecule has 1 aliphatic heterocycles. The molecule has 0 aliphatic carbocycles. The van der Waals surface area contributed by atoms with Gasteiger partial charge in [-0.3, -0.25) is 18.7 Å². The van der Waals surface area contributed by atoms with Crippen LogP contribution in [0, 0.1) is 0 Å². The molecule has 26 heavy (non-hydrogen) atoms. The van der Waals surface area contributed by atoms with E-state index in [1.807, 2.05) is 11.8 Å². The molecule has 0 bridgehead atoms. The number of nitrogens with zero attached hydrogens (tertiary/aromatic N) is 4. The Bertz CT molecular complexity index is 960. The van der Waals surface area contributed by atoms with Gasteiger partial charge in [-0.05, 0) is 24.8 Å². The van der Waals surface area contributed by atoms with Crippen molar-refractivity contribution in [2.75, 3.05) is 25.0 Å². The third-order valence-corrected chi connectivity index (χ3v) is 5.01. The zero-order chi connectivity index (χ0) is 18.8. The number of carbonyl (C=O) groups is 1. The first kappa shape index (κ1) is 18.2. The fourth-order valence-electron chi connectivity index (χ4n) is 3.46. The Morgan fingerprint density at radius 3 is 2.62 bits per heavy atom. The Hall–Kier alpha value is -2.64. The number of amides is 1. The van der Waals surface area contributed by atoms with Gasteiger partial charge in [0.15, 0.2) is 5.65 Å². The van der Waals surface area contributed by atoms with Gasteiger partial charge in [-0.1, -0.05) is 6.92 Å². The van der Waals surface area contributed by atoms with Gasteiger partial charge in [0.05, 0.1) is 5.69 Å². The molecule has 8 nitrogen and oxygen atoms in total. The number of hydrogen-bond acceptors (Lipinski definition) is 5. The van der Waals surface area contributed by atoms with Crippen LogP contribution in [0.15, 0.2) is 15.8 Å². The maximum atomic E-state index is 12.7. The number of hydrogen-bond donors (Lipinski definition) is 1. The maximum absolute atomic E-state index is 12.7. The van der Waals surface area contributed by atoms with Crippen LogP contribution in [0.3, 0.4) is 0 Å². The van der Waals surface area contributed by atoms with Gasteiger partial charge < -0.3 is 10.2 Å². The number of pyridine rings is 1. The number of rotatable bonds is 6. The van der Waals surface area contributed by atoms with Gasteiger partial charge in [0, 0.05) is 46.3 Å². The van der Waals surface area contributed by atoms with Crippen molar-refractivity contribution >= 4 is 22.6 Å². The van der Waals surface area contributed by atoms with Gasteiger partial charge in [0.25, 0.3) is 5.56 Å². The second kappa shape index (κ2) is 7.31. The van der Waals surface area contributed by atoms with Crippen LogP contribution in [-0.2, 0) is 25.3 Å². The summed E-state index contributed by atoms with van der Waals surface area (Å²) >= 11 is 0. The van der Waals surface area contributed by atoms with Crippen LogP contribution in [-0.4, -0.2) is 44.6 Å². The molecule has 140 valence electrons. The van der Waals surface area contributed by atoms with Crippen LogP contribution in [0.2, 0.25) is 0 Å². The first-order valence-corrected chi connectivity index (χ1v) is 9.05. The van der Waals surface area contributed by atoms with Crippen molar-refractivity contribution in [1.29, 1.82) is 0 Å². The van der Waals surface area contributed by atoms with Crippen molar-refractivity contribution < 1.29 is 4.79 Å². The Morgan fingerprint density at radius 1 is 1.19 bits per heavy atom. The van der Waals surface area contributed by atoms with E-state index in [-0.39, 0.29) is 11.5 Å².